The maximum absolute atomic E-state index is 13.3. The first-order valence-corrected chi connectivity index (χ1v) is 13.3. The van der Waals surface area contributed by atoms with Gasteiger partial charge in [-0.25, -0.2) is 24.4 Å². The number of rotatable bonds is 8. The summed E-state index contributed by atoms with van der Waals surface area (Å²) in [6, 6.07) is 25.0. The van der Waals surface area contributed by atoms with Gasteiger partial charge >= 0.3 is 17.9 Å². The Morgan fingerprint density at radius 3 is 1.88 bits per heavy atom. The van der Waals surface area contributed by atoms with E-state index in [9.17, 15) is 14.4 Å². The minimum absolute atomic E-state index is 0.0556. The van der Waals surface area contributed by atoms with Crippen LogP contribution < -0.4 is 5.49 Å². The van der Waals surface area contributed by atoms with Crippen molar-refractivity contribution in [1.29, 1.82) is 5.41 Å². The van der Waals surface area contributed by atoms with Crippen molar-refractivity contribution in [2.45, 2.75) is 24.5 Å². The van der Waals surface area contributed by atoms with Gasteiger partial charge in [0.15, 0.2) is 29.6 Å². The maximum Gasteiger partial charge on any atom is 0.338 e. The summed E-state index contributed by atoms with van der Waals surface area (Å²) in [4.78, 5) is 50.7. The predicted octanol–water partition coefficient (Wildman–Crippen LogP) is 3.44. The number of aromatic amines is 1. The molecule has 0 amide bonds. The summed E-state index contributed by atoms with van der Waals surface area (Å²) in [5, 5.41) is 8.14. The predicted molar refractivity (Wildman–Crippen MR) is 150 cm³/mol. The zero-order chi connectivity index (χ0) is 29.8. The average molecular weight is 580 g/mol. The standard InChI is InChI=1S/C31H25N5O7/c32-26-23-27(34-17-33-23)36(18-35-26)28-25(43-31(39)21-14-8-3-9-15-21)24(42-30(38)20-12-6-2-7-13-20)22(41-28)16-40-29(37)19-10-4-1-5-11-19/h1-15,17-18,22,24-25,28,32H,16H2,(H,33,34)/t22-,24-,25-,28-/m1/s1. The first-order valence-electron chi connectivity index (χ1n) is 13.3. The second-order valence-corrected chi connectivity index (χ2v) is 9.60. The number of H-pyrrole nitrogens is 1. The summed E-state index contributed by atoms with van der Waals surface area (Å²) < 4.78 is 25.3. The molecule has 43 heavy (non-hydrogen) atoms. The Bertz CT molecular complexity index is 1810. The molecule has 5 aromatic rings. The zero-order valence-electron chi connectivity index (χ0n) is 22.5. The van der Waals surface area contributed by atoms with Crippen molar-refractivity contribution in [3.8, 4) is 0 Å². The quantitative estimate of drug-likeness (QED) is 0.207. The lowest BCUT2D eigenvalue weighted by Gasteiger charge is -2.25. The topological polar surface area (TPSA) is 158 Å². The summed E-state index contributed by atoms with van der Waals surface area (Å²) >= 11 is 0. The molecule has 12 nitrogen and oxygen atoms in total. The van der Waals surface area contributed by atoms with Crippen LogP contribution in [0.15, 0.2) is 104 Å². The molecule has 2 N–H and O–H groups in total. The van der Waals surface area contributed by atoms with Gasteiger partial charge in [-0.3, -0.25) is 9.98 Å². The smallest absolute Gasteiger partial charge is 0.338 e. The molecule has 0 aliphatic carbocycles. The Morgan fingerprint density at radius 1 is 0.767 bits per heavy atom. The highest BCUT2D eigenvalue weighted by molar-refractivity contribution is 5.91. The van der Waals surface area contributed by atoms with Crippen molar-refractivity contribution in [3.05, 3.63) is 126 Å². The number of esters is 3. The molecule has 1 fully saturated rings. The molecule has 0 bridgehead atoms. The van der Waals surface area contributed by atoms with E-state index in [1.165, 1.54) is 17.2 Å². The fourth-order valence-corrected chi connectivity index (χ4v) is 4.76. The molecule has 1 aliphatic heterocycles. The Hall–Kier alpha value is -5.62. The number of fused-ring (bicyclic) bond motifs is 1. The third-order valence-electron chi connectivity index (χ3n) is 6.87. The van der Waals surface area contributed by atoms with Crippen molar-refractivity contribution in [2.75, 3.05) is 6.61 Å². The number of hydrogen-bond acceptors (Lipinski definition) is 10. The van der Waals surface area contributed by atoms with Crippen molar-refractivity contribution in [1.82, 2.24) is 19.5 Å². The molecule has 6 rings (SSSR count). The number of carbonyl (C=O) groups excluding carboxylic acids is 3. The van der Waals surface area contributed by atoms with Crippen LogP contribution in [0.5, 0.6) is 0 Å². The van der Waals surface area contributed by atoms with Crippen LogP contribution in [0.25, 0.3) is 11.2 Å². The largest absolute Gasteiger partial charge is 0.459 e. The molecule has 3 aromatic carbocycles. The number of ether oxygens (including phenoxy) is 4. The van der Waals surface area contributed by atoms with Crippen molar-refractivity contribution >= 4 is 29.1 Å². The van der Waals surface area contributed by atoms with Gasteiger partial charge in [0.1, 0.15) is 24.6 Å². The lowest BCUT2D eigenvalue weighted by molar-refractivity contribution is -0.0610. The van der Waals surface area contributed by atoms with E-state index in [4.69, 9.17) is 24.4 Å². The van der Waals surface area contributed by atoms with Gasteiger partial charge in [0.25, 0.3) is 0 Å². The van der Waals surface area contributed by atoms with Gasteiger partial charge in [0.05, 0.1) is 23.0 Å². The molecular formula is C31H25N5O7. The molecule has 0 radical (unpaired) electrons. The van der Waals surface area contributed by atoms with Crippen LogP contribution >= 0.6 is 0 Å². The highest BCUT2D eigenvalue weighted by Gasteiger charge is 2.51. The lowest BCUT2D eigenvalue weighted by Crippen LogP contribution is -2.41. The maximum atomic E-state index is 13.3. The van der Waals surface area contributed by atoms with E-state index in [1.54, 1.807) is 91.0 Å². The molecule has 12 heteroatoms. The lowest BCUT2D eigenvalue weighted by atomic mass is 10.1. The molecule has 0 saturated carbocycles. The van der Waals surface area contributed by atoms with Gasteiger partial charge in [-0.2, -0.15) is 0 Å². The molecule has 3 heterocycles. The molecule has 216 valence electrons. The minimum Gasteiger partial charge on any atom is -0.459 e. The monoisotopic (exact) mass is 579 g/mol. The summed E-state index contributed by atoms with van der Waals surface area (Å²) in [5.41, 5.74) is 1.41. The Kier molecular flexibility index (Phi) is 7.74. The molecule has 0 spiro atoms. The molecular weight excluding hydrogens is 554 g/mol. The van der Waals surface area contributed by atoms with E-state index >= 15 is 0 Å². The number of nitrogens with zero attached hydrogens (tertiary/aromatic N) is 3. The van der Waals surface area contributed by atoms with Crippen LogP contribution in [0, 0.1) is 5.41 Å². The molecule has 1 aliphatic rings. The van der Waals surface area contributed by atoms with Gasteiger partial charge in [0, 0.05) is 0 Å². The van der Waals surface area contributed by atoms with E-state index in [1.807, 2.05) is 0 Å². The van der Waals surface area contributed by atoms with E-state index in [-0.39, 0.29) is 23.2 Å². The zero-order valence-corrected chi connectivity index (χ0v) is 22.5. The minimum atomic E-state index is -1.23. The fraction of sp³-hybridized carbons (Fsp3) is 0.161. The van der Waals surface area contributed by atoms with Crippen molar-refractivity contribution in [3.63, 3.8) is 0 Å². The molecule has 2 aromatic heterocycles. The van der Waals surface area contributed by atoms with Gasteiger partial charge in [0.2, 0.25) is 0 Å². The van der Waals surface area contributed by atoms with Crippen LogP contribution in [0.1, 0.15) is 37.3 Å². The second-order valence-electron chi connectivity index (χ2n) is 9.60. The fourth-order valence-electron chi connectivity index (χ4n) is 4.76. The van der Waals surface area contributed by atoms with Gasteiger partial charge in [-0.05, 0) is 36.4 Å². The SMILES string of the molecule is N=c1ncn([C@@H]2O[C@H](COC(=O)c3ccccc3)[C@@H](OC(=O)c3ccccc3)[C@H]2OC(=O)c2ccccc2)c2nc[nH]c12. The van der Waals surface area contributed by atoms with Gasteiger partial charge in [-0.1, -0.05) is 54.6 Å². The molecule has 0 unspecified atom stereocenters. The Labute approximate surface area is 244 Å². The van der Waals surface area contributed by atoms with Crippen LogP contribution in [-0.2, 0) is 18.9 Å². The van der Waals surface area contributed by atoms with E-state index in [0.29, 0.717) is 16.7 Å². The first kappa shape index (κ1) is 27.5. The summed E-state index contributed by atoms with van der Waals surface area (Å²) in [6.45, 7) is -0.329. The third-order valence-corrected chi connectivity index (χ3v) is 6.87. The highest BCUT2D eigenvalue weighted by atomic mass is 16.7. The molecule has 4 atom stereocenters. The average Bonchev–Trinajstić information content (AvgIpc) is 3.68. The number of imidazole rings is 1. The summed E-state index contributed by atoms with van der Waals surface area (Å²) in [7, 11) is 0. The van der Waals surface area contributed by atoms with Gasteiger partial charge in [-0.15, -0.1) is 0 Å². The third kappa shape index (κ3) is 5.76. The summed E-state index contributed by atoms with van der Waals surface area (Å²) in [6.07, 6.45) is -1.91. The van der Waals surface area contributed by atoms with E-state index < -0.39 is 42.4 Å². The molecule has 1 saturated heterocycles. The second kappa shape index (κ2) is 12.1. The van der Waals surface area contributed by atoms with Gasteiger partial charge < -0.3 is 23.9 Å². The number of carbonyl (C=O) groups is 3. The van der Waals surface area contributed by atoms with Crippen LogP contribution in [0.2, 0.25) is 0 Å². The number of benzene rings is 3. The van der Waals surface area contributed by atoms with Crippen LogP contribution in [0.4, 0.5) is 0 Å². The highest BCUT2D eigenvalue weighted by Crippen LogP contribution is 2.36. The Morgan fingerprint density at radius 2 is 1.30 bits per heavy atom. The van der Waals surface area contributed by atoms with E-state index in [2.05, 4.69) is 15.0 Å². The Balaban J connectivity index is 1.38. The van der Waals surface area contributed by atoms with Crippen LogP contribution in [-0.4, -0.2) is 62.3 Å². The van der Waals surface area contributed by atoms with Crippen molar-refractivity contribution < 1.29 is 33.3 Å². The summed E-state index contributed by atoms with van der Waals surface area (Å²) in [5.74, 6) is -1.99. The van der Waals surface area contributed by atoms with E-state index in [0.717, 1.165) is 0 Å². The number of nitrogens with one attached hydrogen (secondary N) is 2. The van der Waals surface area contributed by atoms with Crippen molar-refractivity contribution in [2.24, 2.45) is 0 Å². The number of hydrogen-bond donors (Lipinski definition) is 2. The number of aromatic nitrogens is 4. The first-order chi connectivity index (χ1) is 21.0. The normalized spacial score (nSPS) is 19.5. The van der Waals surface area contributed by atoms with Crippen LogP contribution in [0.3, 0.4) is 0 Å².